The molecule has 2 aromatic heterocycles. The number of carbonyl (C=O) groups is 1. The molecule has 0 unspecified atom stereocenters. The molecule has 1 aromatic carbocycles. The lowest BCUT2D eigenvalue weighted by molar-refractivity contribution is -0.275. The van der Waals surface area contributed by atoms with E-state index in [1.165, 1.54) is 18.2 Å². The largest absolute Gasteiger partial charge is 0.574 e. The highest BCUT2D eigenvalue weighted by Crippen LogP contribution is 2.28. The molecule has 0 aliphatic rings. The summed E-state index contributed by atoms with van der Waals surface area (Å²) in [6, 6.07) is 3.89. The van der Waals surface area contributed by atoms with Gasteiger partial charge in [-0.15, -0.1) is 18.3 Å². The first-order valence-electron chi connectivity index (χ1n) is 7.35. The van der Waals surface area contributed by atoms with Crippen LogP contribution in [0, 0.1) is 5.82 Å². The monoisotopic (exact) mass is 461 g/mol. The Labute approximate surface area is 161 Å². The number of carbonyl (C=O) groups excluding carboxylic acids is 1. The molecule has 0 spiro atoms. The zero-order valence-corrected chi connectivity index (χ0v) is 15.1. The van der Waals surface area contributed by atoms with Crippen molar-refractivity contribution in [3.8, 4) is 5.88 Å². The minimum absolute atomic E-state index is 0.162. The summed E-state index contributed by atoms with van der Waals surface area (Å²) in [5.74, 6) is -3.24. The number of amides is 1. The van der Waals surface area contributed by atoms with Crippen molar-refractivity contribution >= 4 is 38.4 Å². The lowest BCUT2D eigenvalue weighted by Gasteiger charge is -2.13. The smallest absolute Gasteiger partial charge is 0.386 e. The van der Waals surface area contributed by atoms with E-state index in [-0.39, 0.29) is 10.8 Å². The fraction of sp³-hybridized carbons (Fsp3) is 0.133. The Morgan fingerprint density at radius 2 is 2.04 bits per heavy atom. The molecule has 0 saturated carbocycles. The van der Waals surface area contributed by atoms with Gasteiger partial charge in [0.2, 0.25) is 11.8 Å². The molecule has 8 nitrogen and oxygen atoms in total. The third kappa shape index (κ3) is 4.42. The Hall–Kier alpha value is -3.09. The predicted molar refractivity (Wildman–Crippen MR) is 91.0 cm³/mol. The van der Waals surface area contributed by atoms with Crippen LogP contribution in [0.2, 0.25) is 0 Å². The molecule has 146 valence electrons. The normalized spacial score (nSPS) is 11.5. The van der Waals surface area contributed by atoms with Gasteiger partial charge in [-0.2, -0.15) is 0 Å². The molecule has 0 aliphatic carbocycles. The van der Waals surface area contributed by atoms with Gasteiger partial charge >= 0.3 is 6.36 Å². The van der Waals surface area contributed by atoms with Gasteiger partial charge in [-0.25, -0.2) is 19.0 Å². The number of benzene rings is 1. The van der Waals surface area contributed by atoms with E-state index >= 15 is 0 Å². The number of nitrogens with one attached hydrogen (secondary N) is 1. The summed E-state index contributed by atoms with van der Waals surface area (Å²) in [6.45, 7) is -0.807. The van der Waals surface area contributed by atoms with E-state index in [1.807, 2.05) is 0 Å². The van der Waals surface area contributed by atoms with E-state index in [1.54, 1.807) is 0 Å². The molecule has 0 fully saturated rings. The molecule has 1 amide bonds. The summed E-state index contributed by atoms with van der Waals surface area (Å²) >= 11 is 3.11. The molecule has 1 N–H and O–H groups in total. The highest BCUT2D eigenvalue weighted by atomic mass is 79.9. The van der Waals surface area contributed by atoms with Crippen LogP contribution in [0.15, 0.2) is 40.0 Å². The van der Waals surface area contributed by atoms with E-state index in [0.29, 0.717) is 9.15 Å². The number of hydrogen-bond acceptors (Lipinski definition) is 6. The minimum Gasteiger partial charge on any atom is -0.386 e. The molecule has 13 heteroatoms. The van der Waals surface area contributed by atoms with Crippen molar-refractivity contribution < 1.29 is 27.1 Å². The van der Waals surface area contributed by atoms with Crippen molar-refractivity contribution in [3.63, 3.8) is 0 Å². The van der Waals surface area contributed by atoms with Gasteiger partial charge in [0.15, 0.2) is 11.6 Å². The second kappa shape index (κ2) is 7.50. The first-order chi connectivity index (χ1) is 13.1. The van der Waals surface area contributed by atoms with E-state index in [4.69, 9.17) is 0 Å². The predicted octanol–water partition coefficient (Wildman–Crippen LogP) is 2.63. The number of halogens is 5. The number of rotatable bonds is 4. The highest BCUT2D eigenvalue weighted by molar-refractivity contribution is 9.10. The third-order valence-electron chi connectivity index (χ3n) is 3.32. The molecule has 0 atom stereocenters. The van der Waals surface area contributed by atoms with Gasteiger partial charge in [0.25, 0.3) is 5.56 Å². The third-order valence-corrected chi connectivity index (χ3v) is 3.81. The number of nitrogens with zero attached hydrogens (tertiary/aromatic N) is 4. The van der Waals surface area contributed by atoms with Crippen LogP contribution in [-0.4, -0.2) is 32.0 Å². The van der Waals surface area contributed by atoms with Gasteiger partial charge in [0.1, 0.15) is 12.9 Å². The Balaban J connectivity index is 2.00. The molecule has 0 aliphatic heterocycles. The van der Waals surface area contributed by atoms with Crippen LogP contribution in [0.1, 0.15) is 0 Å². The van der Waals surface area contributed by atoms with Crippen LogP contribution in [-0.2, 0) is 11.3 Å². The van der Waals surface area contributed by atoms with Crippen molar-refractivity contribution in [2.45, 2.75) is 12.9 Å². The lowest BCUT2D eigenvalue weighted by Crippen LogP contribution is -2.31. The Bertz CT molecular complexity index is 1120. The van der Waals surface area contributed by atoms with E-state index in [2.05, 4.69) is 41.1 Å². The standard InChI is InChI=1S/C15H8BrF4N5O3/c16-7-1-2-8-9(3-7)14(27)25(24-13(8)28-15(18,19)20)5-11(26)23-12-10(17)4-21-6-22-12/h1-4,6H,5H2,(H,21,22,23,26). The fourth-order valence-electron chi connectivity index (χ4n) is 2.23. The molecule has 3 rings (SSSR count). The van der Waals surface area contributed by atoms with Crippen LogP contribution in [0.25, 0.3) is 10.8 Å². The maximum Gasteiger partial charge on any atom is 0.574 e. The summed E-state index contributed by atoms with van der Waals surface area (Å²) in [5.41, 5.74) is -0.843. The zero-order chi connectivity index (χ0) is 20.5. The number of alkyl halides is 3. The van der Waals surface area contributed by atoms with Gasteiger partial charge in [-0.3, -0.25) is 9.59 Å². The van der Waals surface area contributed by atoms with Gasteiger partial charge in [-0.1, -0.05) is 15.9 Å². The quantitative estimate of drug-likeness (QED) is 0.599. The molecular formula is C15H8BrF4N5O3. The molecule has 2 heterocycles. The summed E-state index contributed by atoms with van der Waals surface area (Å²) in [7, 11) is 0. The summed E-state index contributed by atoms with van der Waals surface area (Å²) in [6.07, 6.45) is -3.29. The average molecular weight is 462 g/mol. The maximum absolute atomic E-state index is 13.5. The van der Waals surface area contributed by atoms with E-state index in [0.717, 1.165) is 12.5 Å². The number of anilines is 1. The van der Waals surface area contributed by atoms with Crippen LogP contribution in [0.3, 0.4) is 0 Å². The molecule has 0 radical (unpaired) electrons. The second-order valence-corrected chi connectivity index (χ2v) is 6.19. The fourth-order valence-corrected chi connectivity index (χ4v) is 2.59. The van der Waals surface area contributed by atoms with E-state index < -0.39 is 41.9 Å². The van der Waals surface area contributed by atoms with Gasteiger partial charge in [0.05, 0.1) is 17.0 Å². The molecule has 0 saturated heterocycles. The zero-order valence-electron chi connectivity index (χ0n) is 13.5. The summed E-state index contributed by atoms with van der Waals surface area (Å²) in [5, 5.41) is 5.20. The SMILES string of the molecule is O=C(Cn1nc(OC(F)(F)F)c2ccc(Br)cc2c1=O)Nc1ncncc1F. The van der Waals surface area contributed by atoms with Gasteiger partial charge in [-0.05, 0) is 18.2 Å². The maximum atomic E-state index is 13.5. The number of aromatic nitrogens is 4. The number of fused-ring (bicyclic) bond motifs is 1. The van der Waals surface area contributed by atoms with Gasteiger partial charge in [0, 0.05) is 4.47 Å². The van der Waals surface area contributed by atoms with Crippen LogP contribution < -0.4 is 15.6 Å². The summed E-state index contributed by atoms with van der Waals surface area (Å²) < 4.78 is 56.3. The molecule has 3 aromatic rings. The Morgan fingerprint density at radius 1 is 1.29 bits per heavy atom. The van der Waals surface area contributed by atoms with Gasteiger partial charge < -0.3 is 10.1 Å². The topological polar surface area (TPSA) is 99.0 Å². The van der Waals surface area contributed by atoms with Crippen molar-refractivity contribution in [1.82, 2.24) is 19.7 Å². The van der Waals surface area contributed by atoms with Crippen LogP contribution >= 0.6 is 15.9 Å². The van der Waals surface area contributed by atoms with Crippen LogP contribution in [0.5, 0.6) is 5.88 Å². The van der Waals surface area contributed by atoms with Crippen molar-refractivity contribution in [1.29, 1.82) is 0 Å². The molecule has 0 bridgehead atoms. The van der Waals surface area contributed by atoms with Crippen molar-refractivity contribution in [2.24, 2.45) is 0 Å². The lowest BCUT2D eigenvalue weighted by atomic mass is 10.2. The Kier molecular flexibility index (Phi) is 5.27. The first kappa shape index (κ1) is 19.7. The average Bonchev–Trinajstić information content (AvgIpc) is 2.59. The highest BCUT2D eigenvalue weighted by Gasteiger charge is 2.33. The van der Waals surface area contributed by atoms with E-state index in [9.17, 15) is 27.2 Å². The molecule has 28 heavy (non-hydrogen) atoms. The first-order valence-corrected chi connectivity index (χ1v) is 8.15. The van der Waals surface area contributed by atoms with Crippen molar-refractivity contribution in [3.05, 3.63) is 51.4 Å². The van der Waals surface area contributed by atoms with Crippen molar-refractivity contribution in [2.75, 3.05) is 5.32 Å². The molecular weight excluding hydrogens is 454 g/mol. The van der Waals surface area contributed by atoms with Crippen LogP contribution in [0.4, 0.5) is 23.4 Å². The minimum atomic E-state index is -5.07. The number of hydrogen-bond donors (Lipinski definition) is 1. The Morgan fingerprint density at radius 3 is 2.71 bits per heavy atom. The number of ether oxygens (including phenoxy) is 1. The summed E-state index contributed by atoms with van der Waals surface area (Å²) in [4.78, 5) is 31.5. The second-order valence-electron chi connectivity index (χ2n) is 5.27.